The molecule has 2 rings (SSSR count). The van der Waals surface area contributed by atoms with Crippen LogP contribution in [0.1, 0.15) is 18.6 Å². The first-order chi connectivity index (χ1) is 9.20. The van der Waals surface area contributed by atoms with E-state index in [1.54, 1.807) is 6.92 Å². The average Bonchev–Trinajstić information content (AvgIpc) is 2.79. The number of hydrogen-bond acceptors (Lipinski definition) is 4. The molecule has 0 spiro atoms. The first-order valence-electron chi connectivity index (χ1n) is 6.13. The number of alkyl carbamates (subject to hydrolysis) is 1. The summed E-state index contributed by atoms with van der Waals surface area (Å²) in [5.41, 5.74) is 1.78. The number of rotatable bonds is 4. The molecule has 1 heterocycles. The molecule has 0 aliphatic carbocycles. The van der Waals surface area contributed by atoms with E-state index in [4.69, 9.17) is 9.15 Å². The van der Waals surface area contributed by atoms with Crippen molar-refractivity contribution in [3.8, 4) is 11.3 Å². The van der Waals surface area contributed by atoms with Gasteiger partial charge in [-0.25, -0.2) is 9.78 Å². The summed E-state index contributed by atoms with van der Waals surface area (Å²) in [6.45, 7) is 4.16. The number of aromatic nitrogens is 1. The maximum atomic E-state index is 11.2. The van der Waals surface area contributed by atoms with Gasteiger partial charge in [-0.15, -0.1) is 0 Å². The van der Waals surface area contributed by atoms with Gasteiger partial charge in [0.05, 0.1) is 13.2 Å². The van der Waals surface area contributed by atoms with Crippen LogP contribution in [0.15, 0.2) is 34.7 Å². The molecule has 1 aromatic carbocycles. The van der Waals surface area contributed by atoms with Gasteiger partial charge in [0.25, 0.3) is 0 Å². The van der Waals surface area contributed by atoms with Crippen LogP contribution in [-0.4, -0.2) is 17.7 Å². The minimum atomic E-state index is -0.473. The van der Waals surface area contributed by atoms with Crippen LogP contribution >= 0.6 is 0 Å². The highest BCUT2D eigenvalue weighted by atomic mass is 16.5. The maximum Gasteiger partial charge on any atom is 0.407 e. The van der Waals surface area contributed by atoms with E-state index in [2.05, 4.69) is 10.3 Å². The van der Waals surface area contributed by atoms with Crippen LogP contribution in [0.2, 0.25) is 0 Å². The number of oxazole rings is 1. The predicted octanol–water partition coefficient (Wildman–Crippen LogP) is 2.90. The average molecular weight is 260 g/mol. The molecule has 2 aromatic rings. The summed E-state index contributed by atoms with van der Waals surface area (Å²) in [7, 11) is 0. The second-order valence-electron chi connectivity index (χ2n) is 3.95. The van der Waals surface area contributed by atoms with Crippen LogP contribution < -0.4 is 5.32 Å². The van der Waals surface area contributed by atoms with Gasteiger partial charge in [-0.05, 0) is 13.8 Å². The van der Waals surface area contributed by atoms with E-state index in [9.17, 15) is 4.79 Å². The number of aryl methyl sites for hydroxylation is 1. The van der Waals surface area contributed by atoms with Crippen LogP contribution in [0.25, 0.3) is 11.3 Å². The SMILES string of the molecule is CCOC(=O)NCc1nc(-c2ccccc2)c(C)o1. The number of benzene rings is 1. The zero-order valence-corrected chi connectivity index (χ0v) is 11.0. The fourth-order valence-corrected chi connectivity index (χ4v) is 1.72. The predicted molar refractivity (Wildman–Crippen MR) is 70.5 cm³/mol. The number of ether oxygens (including phenoxy) is 1. The van der Waals surface area contributed by atoms with E-state index in [0.29, 0.717) is 12.5 Å². The first-order valence-corrected chi connectivity index (χ1v) is 6.13. The Kier molecular flexibility index (Phi) is 4.18. The third-order valence-corrected chi connectivity index (χ3v) is 2.55. The van der Waals surface area contributed by atoms with Gasteiger partial charge < -0.3 is 14.5 Å². The molecule has 0 aliphatic heterocycles. The van der Waals surface area contributed by atoms with Gasteiger partial charge in [0.15, 0.2) is 0 Å². The summed E-state index contributed by atoms with van der Waals surface area (Å²) in [5, 5.41) is 2.57. The molecule has 0 atom stereocenters. The van der Waals surface area contributed by atoms with Crippen molar-refractivity contribution in [2.24, 2.45) is 0 Å². The number of hydrogen-bond donors (Lipinski definition) is 1. The maximum absolute atomic E-state index is 11.2. The van der Waals surface area contributed by atoms with Gasteiger partial charge in [-0.2, -0.15) is 0 Å². The molecule has 0 aliphatic rings. The van der Waals surface area contributed by atoms with Crippen molar-refractivity contribution in [2.45, 2.75) is 20.4 Å². The van der Waals surface area contributed by atoms with Crippen molar-refractivity contribution in [1.82, 2.24) is 10.3 Å². The quantitative estimate of drug-likeness (QED) is 0.918. The van der Waals surface area contributed by atoms with Gasteiger partial charge >= 0.3 is 6.09 Å². The summed E-state index contributed by atoms with van der Waals surface area (Å²) in [6, 6.07) is 9.77. The minimum absolute atomic E-state index is 0.215. The van der Waals surface area contributed by atoms with Gasteiger partial charge in [-0.3, -0.25) is 0 Å². The lowest BCUT2D eigenvalue weighted by Crippen LogP contribution is -2.23. The molecule has 0 bridgehead atoms. The third-order valence-electron chi connectivity index (χ3n) is 2.55. The van der Waals surface area contributed by atoms with Gasteiger partial charge in [0, 0.05) is 5.56 Å². The summed E-state index contributed by atoms with van der Waals surface area (Å²) < 4.78 is 10.3. The molecule has 5 heteroatoms. The molecule has 0 unspecified atom stereocenters. The molecule has 0 saturated carbocycles. The number of carbonyl (C=O) groups is 1. The molecule has 5 nitrogen and oxygen atoms in total. The number of carbonyl (C=O) groups excluding carboxylic acids is 1. The van der Waals surface area contributed by atoms with Crippen molar-refractivity contribution < 1.29 is 13.9 Å². The molecular formula is C14H16N2O3. The third kappa shape index (κ3) is 3.34. The molecule has 1 N–H and O–H groups in total. The molecule has 0 saturated heterocycles. The lowest BCUT2D eigenvalue weighted by Gasteiger charge is -2.01. The van der Waals surface area contributed by atoms with Crippen LogP contribution in [0, 0.1) is 6.92 Å². The zero-order chi connectivity index (χ0) is 13.7. The van der Waals surface area contributed by atoms with E-state index >= 15 is 0 Å². The minimum Gasteiger partial charge on any atom is -0.450 e. The Balaban J connectivity index is 2.07. The Morgan fingerprint density at radius 3 is 2.79 bits per heavy atom. The standard InChI is InChI=1S/C14H16N2O3/c1-3-18-14(17)15-9-12-16-13(10(2)19-12)11-7-5-4-6-8-11/h4-8H,3,9H2,1-2H3,(H,15,17). The molecule has 19 heavy (non-hydrogen) atoms. The summed E-state index contributed by atoms with van der Waals surface area (Å²) in [4.78, 5) is 15.6. The Bertz CT molecular complexity index is 549. The van der Waals surface area contributed by atoms with Crippen molar-refractivity contribution in [3.63, 3.8) is 0 Å². The Labute approximate surface area is 111 Å². The largest absolute Gasteiger partial charge is 0.450 e. The molecule has 0 fully saturated rings. The van der Waals surface area contributed by atoms with Crippen LogP contribution in [-0.2, 0) is 11.3 Å². The second-order valence-corrected chi connectivity index (χ2v) is 3.95. The van der Waals surface area contributed by atoms with Gasteiger partial charge in [0.2, 0.25) is 5.89 Å². The van der Waals surface area contributed by atoms with Crippen LogP contribution in [0.4, 0.5) is 4.79 Å². The Morgan fingerprint density at radius 1 is 1.37 bits per heavy atom. The van der Waals surface area contributed by atoms with Gasteiger partial charge in [0.1, 0.15) is 11.5 Å². The molecule has 1 amide bonds. The van der Waals surface area contributed by atoms with E-state index in [-0.39, 0.29) is 6.54 Å². The van der Waals surface area contributed by atoms with E-state index in [0.717, 1.165) is 17.0 Å². The van der Waals surface area contributed by atoms with Crippen molar-refractivity contribution in [1.29, 1.82) is 0 Å². The summed E-state index contributed by atoms with van der Waals surface area (Å²) in [5.74, 6) is 1.19. The Morgan fingerprint density at radius 2 is 2.11 bits per heavy atom. The highest BCUT2D eigenvalue weighted by molar-refractivity contribution is 5.67. The number of nitrogens with zero attached hydrogens (tertiary/aromatic N) is 1. The van der Waals surface area contributed by atoms with Crippen molar-refractivity contribution in [2.75, 3.05) is 6.61 Å². The molecule has 1 aromatic heterocycles. The fraction of sp³-hybridized carbons (Fsp3) is 0.286. The highest BCUT2D eigenvalue weighted by Crippen LogP contribution is 2.22. The lowest BCUT2D eigenvalue weighted by atomic mass is 10.1. The summed E-state index contributed by atoms with van der Waals surface area (Å²) in [6.07, 6.45) is -0.473. The van der Waals surface area contributed by atoms with E-state index in [1.165, 1.54) is 0 Å². The normalized spacial score (nSPS) is 10.2. The molecule has 0 radical (unpaired) electrons. The monoisotopic (exact) mass is 260 g/mol. The zero-order valence-electron chi connectivity index (χ0n) is 11.0. The second kappa shape index (κ2) is 6.04. The Hall–Kier alpha value is -2.30. The van der Waals surface area contributed by atoms with Crippen LogP contribution in [0.5, 0.6) is 0 Å². The van der Waals surface area contributed by atoms with Crippen molar-refractivity contribution >= 4 is 6.09 Å². The van der Waals surface area contributed by atoms with Crippen molar-refractivity contribution in [3.05, 3.63) is 42.0 Å². The smallest absolute Gasteiger partial charge is 0.407 e. The number of amides is 1. The van der Waals surface area contributed by atoms with E-state index < -0.39 is 6.09 Å². The summed E-state index contributed by atoms with van der Waals surface area (Å²) >= 11 is 0. The topological polar surface area (TPSA) is 64.4 Å². The first kappa shape index (κ1) is 13.1. The lowest BCUT2D eigenvalue weighted by molar-refractivity contribution is 0.150. The highest BCUT2D eigenvalue weighted by Gasteiger charge is 2.12. The fourth-order valence-electron chi connectivity index (χ4n) is 1.72. The van der Waals surface area contributed by atoms with Crippen LogP contribution in [0.3, 0.4) is 0 Å². The van der Waals surface area contributed by atoms with Gasteiger partial charge in [-0.1, -0.05) is 30.3 Å². The molecule has 100 valence electrons. The molecular weight excluding hydrogens is 244 g/mol. The van der Waals surface area contributed by atoms with E-state index in [1.807, 2.05) is 37.3 Å². The number of nitrogens with one attached hydrogen (secondary N) is 1.